The fourth-order valence-corrected chi connectivity index (χ4v) is 2.50. The Hall–Kier alpha value is -1.77. The number of anilines is 2. The van der Waals surface area contributed by atoms with E-state index in [0.717, 1.165) is 16.9 Å². The number of nitriles is 1. The predicted octanol–water partition coefficient (Wildman–Crippen LogP) is 1.90. The van der Waals surface area contributed by atoms with Crippen LogP contribution < -0.4 is 15.5 Å². The number of amides is 1. The monoisotopic (exact) mass is 278 g/mol. The van der Waals surface area contributed by atoms with Gasteiger partial charge in [0, 0.05) is 24.8 Å². The summed E-state index contributed by atoms with van der Waals surface area (Å²) in [6, 6.07) is 5.39. The van der Waals surface area contributed by atoms with E-state index in [1.807, 2.05) is 18.0 Å². The van der Waals surface area contributed by atoms with Crippen LogP contribution in [-0.2, 0) is 4.79 Å². The Kier molecular flexibility index (Phi) is 3.93. The van der Waals surface area contributed by atoms with E-state index in [9.17, 15) is 4.79 Å². The molecule has 1 unspecified atom stereocenters. The molecule has 2 rings (SSSR count). The minimum atomic E-state index is -0.356. The SMILES string of the molecule is CNC1C(=O)Nc2cc(N(C)CCC#N)c(Cl)cc21. The molecule has 1 amide bonds. The number of likely N-dealkylation sites (N-methyl/N-ethyl adjacent to an activating group) is 1. The van der Waals surface area contributed by atoms with E-state index in [0.29, 0.717) is 18.0 Å². The quantitative estimate of drug-likeness (QED) is 0.883. The van der Waals surface area contributed by atoms with E-state index < -0.39 is 0 Å². The number of carbonyl (C=O) groups is 1. The number of hydrogen-bond acceptors (Lipinski definition) is 4. The molecule has 6 heteroatoms. The summed E-state index contributed by atoms with van der Waals surface area (Å²) in [4.78, 5) is 13.7. The van der Waals surface area contributed by atoms with Crippen molar-refractivity contribution >= 4 is 28.9 Å². The minimum Gasteiger partial charge on any atom is -0.372 e. The molecule has 5 nitrogen and oxygen atoms in total. The Morgan fingerprint density at radius 2 is 2.32 bits per heavy atom. The van der Waals surface area contributed by atoms with Crippen LogP contribution in [0.15, 0.2) is 12.1 Å². The average molecular weight is 279 g/mol. The molecule has 1 aromatic carbocycles. The molecule has 100 valence electrons. The number of fused-ring (bicyclic) bond motifs is 1. The van der Waals surface area contributed by atoms with Crippen molar-refractivity contribution in [3.63, 3.8) is 0 Å². The van der Waals surface area contributed by atoms with Crippen molar-refractivity contribution in [2.75, 3.05) is 30.9 Å². The van der Waals surface area contributed by atoms with Gasteiger partial charge < -0.3 is 15.5 Å². The Balaban J connectivity index is 2.34. The van der Waals surface area contributed by atoms with Crippen molar-refractivity contribution in [2.24, 2.45) is 0 Å². The van der Waals surface area contributed by atoms with Gasteiger partial charge in [-0.25, -0.2) is 0 Å². The third-order valence-electron chi connectivity index (χ3n) is 3.21. The molecule has 1 aliphatic heterocycles. The van der Waals surface area contributed by atoms with Gasteiger partial charge in [-0.15, -0.1) is 0 Å². The van der Waals surface area contributed by atoms with Gasteiger partial charge in [0.05, 0.1) is 23.2 Å². The van der Waals surface area contributed by atoms with Crippen LogP contribution >= 0.6 is 11.6 Å². The lowest BCUT2D eigenvalue weighted by Gasteiger charge is -2.20. The average Bonchev–Trinajstić information content (AvgIpc) is 2.69. The van der Waals surface area contributed by atoms with Crippen molar-refractivity contribution in [3.05, 3.63) is 22.7 Å². The van der Waals surface area contributed by atoms with Gasteiger partial charge in [-0.2, -0.15) is 5.26 Å². The van der Waals surface area contributed by atoms with Gasteiger partial charge in [-0.3, -0.25) is 4.79 Å². The minimum absolute atomic E-state index is 0.0783. The van der Waals surface area contributed by atoms with Crippen molar-refractivity contribution in [1.29, 1.82) is 5.26 Å². The summed E-state index contributed by atoms with van der Waals surface area (Å²) in [5.74, 6) is -0.0783. The van der Waals surface area contributed by atoms with Crippen molar-refractivity contribution in [1.82, 2.24) is 5.32 Å². The first-order valence-corrected chi connectivity index (χ1v) is 6.36. The third-order valence-corrected chi connectivity index (χ3v) is 3.51. The molecule has 0 aliphatic carbocycles. The molecule has 0 spiro atoms. The molecule has 1 atom stereocenters. The Morgan fingerprint density at radius 1 is 1.58 bits per heavy atom. The van der Waals surface area contributed by atoms with E-state index in [1.165, 1.54) is 0 Å². The summed E-state index contributed by atoms with van der Waals surface area (Å²) in [5, 5.41) is 15.0. The highest BCUT2D eigenvalue weighted by Gasteiger charge is 2.30. The van der Waals surface area contributed by atoms with Crippen LogP contribution in [0.5, 0.6) is 0 Å². The first-order valence-electron chi connectivity index (χ1n) is 5.98. The van der Waals surface area contributed by atoms with Gasteiger partial charge in [-0.05, 0) is 19.2 Å². The van der Waals surface area contributed by atoms with Crippen molar-refractivity contribution in [2.45, 2.75) is 12.5 Å². The third kappa shape index (κ3) is 2.50. The van der Waals surface area contributed by atoms with Gasteiger partial charge in [0.15, 0.2) is 0 Å². The predicted molar refractivity (Wildman–Crippen MR) is 75.4 cm³/mol. The van der Waals surface area contributed by atoms with Gasteiger partial charge >= 0.3 is 0 Å². The summed E-state index contributed by atoms with van der Waals surface area (Å²) >= 11 is 6.26. The van der Waals surface area contributed by atoms with Crippen LogP contribution in [0.2, 0.25) is 5.02 Å². The van der Waals surface area contributed by atoms with E-state index >= 15 is 0 Å². The Bertz CT molecular complexity index is 552. The molecule has 2 N–H and O–H groups in total. The first-order chi connectivity index (χ1) is 9.08. The van der Waals surface area contributed by atoms with Crippen LogP contribution in [0.3, 0.4) is 0 Å². The number of nitrogens with one attached hydrogen (secondary N) is 2. The molecular formula is C13H15ClN4O. The van der Waals surface area contributed by atoms with Gasteiger partial charge in [0.25, 0.3) is 0 Å². The topological polar surface area (TPSA) is 68.2 Å². The van der Waals surface area contributed by atoms with Crippen LogP contribution in [0.4, 0.5) is 11.4 Å². The zero-order valence-corrected chi connectivity index (χ0v) is 11.6. The van der Waals surface area contributed by atoms with Gasteiger partial charge in [0.1, 0.15) is 6.04 Å². The maximum absolute atomic E-state index is 11.8. The highest BCUT2D eigenvalue weighted by Crippen LogP contribution is 2.38. The molecule has 0 saturated carbocycles. The number of halogens is 1. The van der Waals surface area contributed by atoms with Crippen LogP contribution in [0, 0.1) is 11.3 Å². The molecule has 0 fully saturated rings. The van der Waals surface area contributed by atoms with E-state index in [-0.39, 0.29) is 11.9 Å². The maximum Gasteiger partial charge on any atom is 0.246 e. The van der Waals surface area contributed by atoms with E-state index in [2.05, 4.69) is 16.7 Å². The summed E-state index contributed by atoms with van der Waals surface area (Å²) in [7, 11) is 3.61. The zero-order chi connectivity index (χ0) is 14.0. The molecule has 0 bridgehead atoms. The second-order valence-corrected chi connectivity index (χ2v) is 4.84. The fraction of sp³-hybridized carbons (Fsp3) is 0.385. The second kappa shape index (κ2) is 5.47. The molecule has 1 heterocycles. The highest BCUT2D eigenvalue weighted by molar-refractivity contribution is 6.33. The van der Waals surface area contributed by atoms with Gasteiger partial charge in [-0.1, -0.05) is 11.6 Å². The lowest BCUT2D eigenvalue weighted by Crippen LogP contribution is -2.23. The summed E-state index contributed by atoms with van der Waals surface area (Å²) < 4.78 is 0. The van der Waals surface area contributed by atoms with Gasteiger partial charge in [0.2, 0.25) is 5.91 Å². The summed E-state index contributed by atoms with van der Waals surface area (Å²) in [5.41, 5.74) is 2.44. The number of hydrogen-bond donors (Lipinski definition) is 2. The number of benzene rings is 1. The lowest BCUT2D eigenvalue weighted by molar-refractivity contribution is -0.117. The normalized spacial score (nSPS) is 16.7. The van der Waals surface area contributed by atoms with Crippen molar-refractivity contribution < 1.29 is 4.79 Å². The highest BCUT2D eigenvalue weighted by atomic mass is 35.5. The smallest absolute Gasteiger partial charge is 0.246 e. The summed E-state index contributed by atoms with van der Waals surface area (Å²) in [6.07, 6.45) is 0.426. The van der Waals surface area contributed by atoms with Crippen LogP contribution in [-0.4, -0.2) is 26.5 Å². The Labute approximate surface area is 117 Å². The number of nitrogens with zero attached hydrogens (tertiary/aromatic N) is 2. The van der Waals surface area contributed by atoms with Crippen molar-refractivity contribution in [3.8, 4) is 6.07 Å². The lowest BCUT2D eigenvalue weighted by atomic mass is 10.1. The van der Waals surface area contributed by atoms with E-state index in [1.54, 1.807) is 13.1 Å². The number of carbonyl (C=O) groups excluding carboxylic acids is 1. The van der Waals surface area contributed by atoms with Crippen LogP contribution in [0.25, 0.3) is 0 Å². The molecule has 1 aliphatic rings. The first kappa shape index (κ1) is 13.7. The molecule has 0 aromatic heterocycles. The maximum atomic E-state index is 11.8. The molecule has 0 radical (unpaired) electrons. The molecule has 19 heavy (non-hydrogen) atoms. The Morgan fingerprint density at radius 3 is 2.95 bits per heavy atom. The van der Waals surface area contributed by atoms with Crippen LogP contribution in [0.1, 0.15) is 18.0 Å². The largest absolute Gasteiger partial charge is 0.372 e. The molecular weight excluding hydrogens is 264 g/mol. The summed E-state index contributed by atoms with van der Waals surface area (Å²) in [6.45, 7) is 0.596. The standard InChI is InChI=1S/C13H15ClN4O/c1-16-12-8-6-9(14)11(18(2)5-3-4-15)7-10(8)17-13(12)19/h6-7,12,16H,3,5H2,1-2H3,(H,17,19). The number of rotatable bonds is 4. The molecule has 1 aromatic rings. The van der Waals surface area contributed by atoms with E-state index in [4.69, 9.17) is 16.9 Å². The fourth-order valence-electron chi connectivity index (χ4n) is 2.19. The zero-order valence-electron chi connectivity index (χ0n) is 10.8. The second-order valence-electron chi connectivity index (χ2n) is 4.43. The molecule has 0 saturated heterocycles.